The van der Waals surface area contributed by atoms with Crippen molar-refractivity contribution in [1.29, 1.82) is 5.41 Å². The Hall–Kier alpha value is -2.53. The fraction of sp³-hybridized carbons (Fsp3) is 0.435. The Morgan fingerprint density at radius 2 is 2.11 bits per heavy atom. The summed E-state index contributed by atoms with van der Waals surface area (Å²) in [6.07, 6.45) is 3.61. The molecule has 0 spiro atoms. The lowest BCUT2D eigenvalue weighted by molar-refractivity contribution is 0.206. The molecular weight excluding hydrogens is 348 g/mol. The van der Waals surface area contributed by atoms with Crippen molar-refractivity contribution in [2.75, 3.05) is 31.2 Å². The average molecular weight is 389 g/mol. The number of anilines is 2. The summed E-state index contributed by atoms with van der Waals surface area (Å²) in [5.41, 5.74) is 10.7. The summed E-state index contributed by atoms with van der Waals surface area (Å²) in [6.45, 7) is 9.07. The van der Waals surface area contributed by atoms with Gasteiger partial charge in [0.1, 0.15) is 5.75 Å². The summed E-state index contributed by atoms with van der Waals surface area (Å²) < 4.78 is 5.60. The number of nitrogen functional groups attached to an aromatic ring is 1. The Morgan fingerprint density at radius 1 is 1.32 bits per heavy atom. The molecule has 1 aliphatic heterocycles. The van der Waals surface area contributed by atoms with Gasteiger partial charge < -0.3 is 21.2 Å². The summed E-state index contributed by atoms with van der Waals surface area (Å²) >= 11 is 0. The molecule has 4 N–H and O–H groups in total. The maximum absolute atomic E-state index is 7.46. The highest BCUT2D eigenvalue weighted by Crippen LogP contribution is 2.26. The maximum atomic E-state index is 7.46. The highest BCUT2D eigenvalue weighted by atomic mass is 16.5. The molecule has 28 heavy (non-hydrogen) atoms. The zero-order valence-corrected chi connectivity index (χ0v) is 17.6. The van der Waals surface area contributed by atoms with Crippen molar-refractivity contribution in [2.24, 2.45) is 0 Å². The van der Waals surface area contributed by atoms with Crippen LogP contribution in [-0.4, -0.2) is 37.4 Å². The Balaban J connectivity index is 0. The third-order valence-corrected chi connectivity index (χ3v) is 5.01. The second-order valence-corrected chi connectivity index (χ2v) is 6.97. The smallest absolute Gasteiger partial charge is 0.126 e. The quantitative estimate of drug-likeness (QED) is 0.456. The number of piperidine rings is 1. The van der Waals surface area contributed by atoms with Crippen LogP contribution in [0, 0.1) is 12.3 Å². The van der Waals surface area contributed by atoms with Crippen molar-refractivity contribution in [3.8, 4) is 5.75 Å². The molecular formula is C23H40N4O. The lowest BCUT2D eigenvalue weighted by atomic mass is 10.0. The number of hydrogen-bond acceptors (Lipinski definition) is 5. The van der Waals surface area contributed by atoms with Crippen LogP contribution in [0.4, 0.5) is 11.4 Å². The van der Waals surface area contributed by atoms with Crippen LogP contribution in [0.2, 0.25) is 0 Å². The van der Waals surface area contributed by atoms with E-state index < -0.39 is 0 Å². The number of likely N-dealkylation sites (tertiary alicyclic amines) is 1. The molecule has 5 nitrogen and oxygen atoms in total. The molecule has 0 aliphatic carbocycles. The first kappa shape index (κ1) is 21.8. The number of rotatable bonds is 6. The molecule has 2 aromatic carbocycles. The minimum Gasteiger partial charge on any atom is -0.496 e. The number of nitrogens with zero attached hydrogens (tertiary/aromatic N) is 1. The van der Waals surface area contributed by atoms with Crippen molar-refractivity contribution in [3.05, 3.63) is 53.1 Å². The number of methoxy groups -OCH3 is 1. The number of benzene rings is 2. The lowest BCUT2D eigenvalue weighted by Crippen LogP contribution is -2.41. The highest BCUT2D eigenvalue weighted by Gasteiger charge is 2.21. The van der Waals surface area contributed by atoms with Gasteiger partial charge in [-0.15, -0.1) is 0 Å². The van der Waals surface area contributed by atoms with E-state index in [4.69, 9.17) is 15.9 Å². The molecule has 5 heteroatoms. The molecule has 2 aromatic rings. The monoisotopic (exact) mass is 388 g/mol. The Morgan fingerprint density at radius 3 is 2.82 bits per heavy atom. The first-order valence-electron chi connectivity index (χ1n) is 10.1. The van der Waals surface area contributed by atoms with Crippen molar-refractivity contribution in [2.45, 2.75) is 46.2 Å². The minimum atomic E-state index is 0. The number of ether oxygens (including phenoxy) is 1. The fourth-order valence-electron chi connectivity index (χ4n) is 3.71. The van der Waals surface area contributed by atoms with Gasteiger partial charge in [0.2, 0.25) is 0 Å². The molecule has 1 fully saturated rings. The number of para-hydroxylation sites is 1. The second-order valence-electron chi connectivity index (χ2n) is 6.97. The van der Waals surface area contributed by atoms with Crippen LogP contribution < -0.4 is 15.8 Å². The minimum absolute atomic E-state index is 0. The molecule has 1 atom stereocenters. The fourth-order valence-corrected chi connectivity index (χ4v) is 3.71. The van der Waals surface area contributed by atoms with Crippen molar-refractivity contribution < 1.29 is 9.02 Å². The van der Waals surface area contributed by atoms with Gasteiger partial charge in [0.25, 0.3) is 0 Å². The van der Waals surface area contributed by atoms with E-state index in [2.05, 4.69) is 35.3 Å². The molecule has 158 valence electrons. The largest absolute Gasteiger partial charge is 0.496 e. The molecule has 0 unspecified atom stereocenters. The topological polar surface area (TPSA) is 74.4 Å². The van der Waals surface area contributed by atoms with Crippen LogP contribution in [-0.2, 0) is 6.54 Å². The predicted molar refractivity (Wildman–Crippen MR) is 126 cm³/mol. The zero-order chi connectivity index (χ0) is 20.5. The van der Waals surface area contributed by atoms with E-state index in [-0.39, 0.29) is 4.28 Å². The van der Waals surface area contributed by atoms with Gasteiger partial charge in [-0.2, -0.15) is 0 Å². The van der Waals surface area contributed by atoms with Crippen LogP contribution in [0.5, 0.6) is 5.75 Å². The normalized spacial score (nSPS) is 16.6. The lowest BCUT2D eigenvalue weighted by Gasteiger charge is -2.34. The van der Waals surface area contributed by atoms with Crippen LogP contribution >= 0.6 is 0 Å². The van der Waals surface area contributed by atoms with Crippen molar-refractivity contribution in [3.63, 3.8) is 0 Å². The van der Waals surface area contributed by atoms with E-state index in [1.165, 1.54) is 17.3 Å². The highest BCUT2D eigenvalue weighted by molar-refractivity contribution is 5.86. The van der Waals surface area contributed by atoms with E-state index in [1.54, 1.807) is 7.11 Å². The van der Waals surface area contributed by atoms with Gasteiger partial charge in [-0.1, -0.05) is 32.0 Å². The third-order valence-electron chi connectivity index (χ3n) is 5.01. The summed E-state index contributed by atoms with van der Waals surface area (Å²) in [5.74, 6) is 0.997. The Kier molecular flexibility index (Phi) is 8.33. The first-order chi connectivity index (χ1) is 13.6. The van der Waals surface area contributed by atoms with E-state index in [0.29, 0.717) is 11.7 Å². The van der Waals surface area contributed by atoms with Crippen LogP contribution in [0.1, 0.15) is 47.7 Å². The molecule has 1 aliphatic rings. The van der Waals surface area contributed by atoms with Gasteiger partial charge in [0.15, 0.2) is 0 Å². The summed E-state index contributed by atoms with van der Waals surface area (Å²) in [7, 11) is 1.74. The summed E-state index contributed by atoms with van der Waals surface area (Å²) in [4.78, 5) is 2.48. The van der Waals surface area contributed by atoms with Gasteiger partial charge in [-0.25, -0.2) is 0 Å². The van der Waals surface area contributed by atoms with Crippen molar-refractivity contribution in [1.82, 2.24) is 4.90 Å². The van der Waals surface area contributed by atoms with Gasteiger partial charge in [0, 0.05) is 52.1 Å². The number of nitrogens with one attached hydrogen (secondary N) is 2. The Labute approximate surface area is 173 Å². The number of nitrogens with two attached hydrogens (primary N) is 1. The molecule has 0 bridgehead atoms. The van der Waals surface area contributed by atoms with Gasteiger partial charge >= 0.3 is 0 Å². The van der Waals surface area contributed by atoms with Gasteiger partial charge in [-0.05, 0) is 50.1 Å². The standard InChI is InChI=1S/C21H28N4O.C2H6.3H2/c1-15-5-3-6-16(21(15)26-2)13-25-10-4-7-19(14-25)24-18-8-9-20(23)17(11-18)12-22;1-2;;;/h3,5-6,8-9,11-12,19,22,24H,4,7,10,13-14,23H2,1-2H3;1-2H3;3*1H/t19-;;;;/m0..../s1. The SMILES string of the molecule is CC.COc1c(C)cccc1CN1CCC[C@H](Nc2ccc(N)c(C=N)c2)C1.[HH].[HH].[HH]. The van der Waals surface area contributed by atoms with E-state index in [1.807, 2.05) is 32.0 Å². The van der Waals surface area contributed by atoms with Gasteiger partial charge in [-0.3, -0.25) is 4.90 Å². The average Bonchev–Trinajstić information content (AvgIpc) is 2.71. The number of aryl methyl sites for hydroxylation is 1. The van der Waals surface area contributed by atoms with E-state index >= 15 is 0 Å². The van der Waals surface area contributed by atoms with E-state index in [0.717, 1.165) is 49.5 Å². The molecule has 0 aromatic heterocycles. The summed E-state index contributed by atoms with van der Waals surface area (Å²) in [5, 5.41) is 11.1. The molecule has 1 heterocycles. The van der Waals surface area contributed by atoms with Crippen LogP contribution in [0.3, 0.4) is 0 Å². The van der Waals surface area contributed by atoms with Gasteiger partial charge in [0.05, 0.1) is 7.11 Å². The van der Waals surface area contributed by atoms with Crippen molar-refractivity contribution >= 4 is 17.6 Å². The molecule has 3 rings (SSSR count). The predicted octanol–water partition coefficient (Wildman–Crippen LogP) is 5.42. The molecule has 0 radical (unpaired) electrons. The summed E-state index contributed by atoms with van der Waals surface area (Å²) in [6, 6.07) is 12.5. The molecule has 1 saturated heterocycles. The zero-order valence-electron chi connectivity index (χ0n) is 17.6. The molecule has 0 saturated carbocycles. The molecule has 0 amide bonds. The second kappa shape index (κ2) is 10.7. The third kappa shape index (κ3) is 5.49. The number of hydrogen-bond donors (Lipinski definition) is 3. The first-order valence-corrected chi connectivity index (χ1v) is 10.1. The van der Waals surface area contributed by atoms with Crippen LogP contribution in [0.15, 0.2) is 36.4 Å². The van der Waals surface area contributed by atoms with E-state index in [9.17, 15) is 0 Å². The van der Waals surface area contributed by atoms with Crippen LogP contribution in [0.25, 0.3) is 0 Å². The Bertz CT molecular complexity index is 789. The maximum Gasteiger partial charge on any atom is 0.126 e.